The number of halogens is 1. The summed E-state index contributed by atoms with van der Waals surface area (Å²) in [6, 6.07) is 6.06. The number of nitrogens with zero attached hydrogens (tertiary/aromatic N) is 1. The van der Waals surface area contributed by atoms with Gasteiger partial charge < -0.3 is 5.32 Å². The minimum Gasteiger partial charge on any atom is -0.388 e. The Balaban J connectivity index is 2.88. The van der Waals surface area contributed by atoms with E-state index in [-0.39, 0.29) is 5.41 Å². The second-order valence-electron chi connectivity index (χ2n) is 5.64. The first kappa shape index (κ1) is 13.2. The van der Waals surface area contributed by atoms with Crippen molar-refractivity contribution in [2.75, 3.05) is 12.4 Å². The SMILES string of the molecule is CNc1cc(C(C)(C)C)nc2c(Cl)ccc(C)c12. The predicted molar refractivity (Wildman–Crippen MR) is 79.7 cm³/mol. The molecule has 2 aromatic rings. The lowest BCUT2D eigenvalue weighted by Crippen LogP contribution is -2.14. The second-order valence-corrected chi connectivity index (χ2v) is 6.05. The Morgan fingerprint density at radius 1 is 1.22 bits per heavy atom. The molecule has 96 valence electrons. The van der Waals surface area contributed by atoms with E-state index in [0.29, 0.717) is 5.02 Å². The monoisotopic (exact) mass is 262 g/mol. The number of rotatable bonds is 1. The van der Waals surface area contributed by atoms with Crippen LogP contribution in [0.25, 0.3) is 10.9 Å². The molecule has 1 aromatic carbocycles. The number of hydrogen-bond acceptors (Lipinski definition) is 2. The zero-order valence-electron chi connectivity index (χ0n) is 11.6. The smallest absolute Gasteiger partial charge is 0.0915 e. The molecule has 0 atom stereocenters. The van der Waals surface area contributed by atoms with Crippen LogP contribution < -0.4 is 5.32 Å². The van der Waals surface area contributed by atoms with E-state index in [0.717, 1.165) is 22.3 Å². The largest absolute Gasteiger partial charge is 0.388 e. The molecule has 0 aliphatic rings. The first-order valence-electron chi connectivity index (χ1n) is 6.12. The molecule has 0 fully saturated rings. The van der Waals surface area contributed by atoms with Crippen molar-refractivity contribution in [3.63, 3.8) is 0 Å². The molecule has 18 heavy (non-hydrogen) atoms. The van der Waals surface area contributed by atoms with Crippen LogP contribution in [0.1, 0.15) is 32.0 Å². The zero-order valence-corrected chi connectivity index (χ0v) is 12.3. The Labute approximate surface area is 113 Å². The van der Waals surface area contributed by atoms with Gasteiger partial charge in [0.15, 0.2) is 0 Å². The second kappa shape index (κ2) is 4.43. The third-order valence-corrected chi connectivity index (χ3v) is 3.46. The summed E-state index contributed by atoms with van der Waals surface area (Å²) in [5, 5.41) is 5.07. The van der Waals surface area contributed by atoms with E-state index >= 15 is 0 Å². The Hall–Kier alpha value is -1.28. The fraction of sp³-hybridized carbons (Fsp3) is 0.400. The summed E-state index contributed by atoms with van der Waals surface area (Å²) in [5.41, 5.74) is 4.21. The minimum absolute atomic E-state index is 0.00681. The Kier molecular flexibility index (Phi) is 3.24. The van der Waals surface area contributed by atoms with E-state index in [9.17, 15) is 0 Å². The van der Waals surface area contributed by atoms with Crippen molar-refractivity contribution in [2.24, 2.45) is 0 Å². The highest BCUT2D eigenvalue weighted by Gasteiger charge is 2.19. The summed E-state index contributed by atoms with van der Waals surface area (Å²) in [7, 11) is 1.93. The number of pyridine rings is 1. The normalized spacial score (nSPS) is 11.9. The van der Waals surface area contributed by atoms with Gasteiger partial charge in [0.05, 0.1) is 10.5 Å². The molecule has 0 aliphatic heterocycles. The van der Waals surface area contributed by atoms with Crippen LogP contribution in [0.3, 0.4) is 0 Å². The molecule has 3 heteroatoms. The molecule has 0 saturated carbocycles. The number of anilines is 1. The van der Waals surface area contributed by atoms with Crippen molar-refractivity contribution in [2.45, 2.75) is 33.1 Å². The first-order chi connectivity index (χ1) is 8.34. The van der Waals surface area contributed by atoms with E-state index in [1.807, 2.05) is 19.2 Å². The van der Waals surface area contributed by atoms with Crippen LogP contribution in [0.15, 0.2) is 18.2 Å². The standard InChI is InChI=1S/C15H19ClN2/c1-9-6-7-10(16)14-13(9)11(17-5)8-12(18-14)15(2,3)4/h6-8H,1-5H3,(H,17,18). The number of benzene rings is 1. The van der Waals surface area contributed by atoms with Crippen LogP contribution in [0.5, 0.6) is 0 Å². The molecule has 1 aromatic heterocycles. The lowest BCUT2D eigenvalue weighted by atomic mass is 9.90. The van der Waals surface area contributed by atoms with Crippen LogP contribution in [-0.2, 0) is 5.41 Å². The van der Waals surface area contributed by atoms with Gasteiger partial charge in [-0.3, -0.25) is 4.98 Å². The van der Waals surface area contributed by atoms with Gasteiger partial charge in [-0.25, -0.2) is 0 Å². The third kappa shape index (κ3) is 2.17. The van der Waals surface area contributed by atoms with E-state index in [4.69, 9.17) is 16.6 Å². The van der Waals surface area contributed by atoms with Crippen molar-refractivity contribution in [3.8, 4) is 0 Å². The molecule has 0 aliphatic carbocycles. The maximum Gasteiger partial charge on any atom is 0.0915 e. The van der Waals surface area contributed by atoms with Crippen LogP contribution in [0.2, 0.25) is 5.02 Å². The molecule has 0 amide bonds. The first-order valence-corrected chi connectivity index (χ1v) is 6.50. The van der Waals surface area contributed by atoms with Crippen molar-refractivity contribution in [1.82, 2.24) is 4.98 Å². The average molecular weight is 263 g/mol. The summed E-state index contributed by atoms with van der Waals surface area (Å²) < 4.78 is 0. The number of aromatic nitrogens is 1. The highest BCUT2D eigenvalue weighted by molar-refractivity contribution is 6.35. The molecule has 0 saturated heterocycles. The van der Waals surface area contributed by atoms with Crippen molar-refractivity contribution >= 4 is 28.2 Å². The highest BCUT2D eigenvalue weighted by Crippen LogP contribution is 2.34. The topological polar surface area (TPSA) is 24.9 Å². The van der Waals surface area contributed by atoms with Crippen LogP contribution in [0.4, 0.5) is 5.69 Å². The summed E-state index contributed by atoms with van der Waals surface area (Å²) in [6.07, 6.45) is 0. The highest BCUT2D eigenvalue weighted by atomic mass is 35.5. The van der Waals surface area contributed by atoms with Gasteiger partial charge in [0.25, 0.3) is 0 Å². The number of nitrogens with one attached hydrogen (secondary N) is 1. The number of aryl methyl sites for hydroxylation is 1. The van der Waals surface area contributed by atoms with E-state index in [1.165, 1.54) is 5.56 Å². The maximum absolute atomic E-state index is 6.29. The third-order valence-electron chi connectivity index (χ3n) is 3.16. The maximum atomic E-state index is 6.29. The molecule has 0 radical (unpaired) electrons. The van der Waals surface area contributed by atoms with Crippen molar-refractivity contribution in [3.05, 3.63) is 34.5 Å². The Bertz CT molecular complexity index is 597. The number of fused-ring (bicyclic) bond motifs is 1. The lowest BCUT2D eigenvalue weighted by molar-refractivity contribution is 0.572. The van der Waals surface area contributed by atoms with E-state index < -0.39 is 0 Å². The molecule has 0 bridgehead atoms. The fourth-order valence-electron chi connectivity index (χ4n) is 2.06. The van der Waals surface area contributed by atoms with Gasteiger partial charge in [0.1, 0.15) is 0 Å². The van der Waals surface area contributed by atoms with Gasteiger partial charge in [-0.1, -0.05) is 38.4 Å². The molecule has 0 spiro atoms. The van der Waals surface area contributed by atoms with Crippen LogP contribution in [-0.4, -0.2) is 12.0 Å². The zero-order chi connectivity index (χ0) is 13.5. The Morgan fingerprint density at radius 2 is 1.89 bits per heavy atom. The molecule has 2 nitrogen and oxygen atoms in total. The van der Waals surface area contributed by atoms with Crippen LogP contribution in [0, 0.1) is 6.92 Å². The molecule has 1 heterocycles. The summed E-state index contributed by atoms with van der Waals surface area (Å²) in [4.78, 5) is 4.74. The molecule has 0 unspecified atom stereocenters. The van der Waals surface area contributed by atoms with Gasteiger partial charge in [-0.05, 0) is 24.6 Å². The molecule has 1 N–H and O–H groups in total. The van der Waals surface area contributed by atoms with Gasteiger partial charge in [0, 0.05) is 29.2 Å². The van der Waals surface area contributed by atoms with Gasteiger partial charge in [-0.15, -0.1) is 0 Å². The van der Waals surface area contributed by atoms with E-state index in [1.54, 1.807) is 0 Å². The summed E-state index contributed by atoms with van der Waals surface area (Å²) in [5.74, 6) is 0. The van der Waals surface area contributed by atoms with Gasteiger partial charge >= 0.3 is 0 Å². The molecular weight excluding hydrogens is 244 g/mol. The molecular formula is C15H19ClN2. The van der Waals surface area contributed by atoms with Crippen molar-refractivity contribution in [1.29, 1.82) is 0 Å². The van der Waals surface area contributed by atoms with E-state index in [2.05, 4.69) is 39.1 Å². The summed E-state index contributed by atoms with van der Waals surface area (Å²) >= 11 is 6.29. The predicted octanol–water partition coefficient (Wildman–Crippen LogP) is 4.54. The minimum atomic E-state index is 0.00681. The van der Waals surface area contributed by atoms with Gasteiger partial charge in [-0.2, -0.15) is 0 Å². The number of hydrogen-bond donors (Lipinski definition) is 1. The lowest BCUT2D eigenvalue weighted by Gasteiger charge is -2.21. The van der Waals surface area contributed by atoms with Gasteiger partial charge in [0.2, 0.25) is 0 Å². The van der Waals surface area contributed by atoms with Crippen molar-refractivity contribution < 1.29 is 0 Å². The quantitative estimate of drug-likeness (QED) is 0.816. The molecule has 2 rings (SSSR count). The average Bonchev–Trinajstić information content (AvgIpc) is 2.31. The van der Waals surface area contributed by atoms with Crippen LogP contribution >= 0.6 is 11.6 Å². The Morgan fingerprint density at radius 3 is 2.44 bits per heavy atom. The fourth-order valence-corrected chi connectivity index (χ4v) is 2.26. The summed E-state index contributed by atoms with van der Waals surface area (Å²) in [6.45, 7) is 8.55.